The lowest BCUT2D eigenvalue weighted by Crippen LogP contribution is -1.95. The molecule has 0 bridgehead atoms. The van der Waals surface area contributed by atoms with Crippen molar-refractivity contribution in [2.24, 2.45) is 0 Å². The first-order chi connectivity index (χ1) is 11.5. The summed E-state index contributed by atoms with van der Waals surface area (Å²) < 4.78 is 5.78. The van der Waals surface area contributed by atoms with Gasteiger partial charge in [0.05, 0.1) is 5.69 Å². The standard InChI is InChI=1S/C19H20N2O2S/c1-11-17(13(3)22)12(2)20-18(11)19-14(4)24-16(21-19)10-23-15-8-6-5-7-9-15/h5-9,20H,10H2,1-4H3. The van der Waals surface area contributed by atoms with E-state index in [0.29, 0.717) is 6.61 Å². The van der Waals surface area contributed by atoms with Crippen molar-refractivity contribution in [3.63, 3.8) is 0 Å². The third-order valence-corrected chi connectivity index (χ3v) is 4.92. The Balaban J connectivity index is 1.87. The normalized spacial score (nSPS) is 10.8. The molecular weight excluding hydrogens is 320 g/mol. The molecule has 3 aromatic rings. The summed E-state index contributed by atoms with van der Waals surface area (Å²) in [5.74, 6) is 0.908. The summed E-state index contributed by atoms with van der Waals surface area (Å²) in [5, 5.41) is 0.919. The molecule has 2 heterocycles. The van der Waals surface area contributed by atoms with Crippen molar-refractivity contribution in [3.05, 3.63) is 57.0 Å². The summed E-state index contributed by atoms with van der Waals surface area (Å²) in [4.78, 5) is 21.0. The Morgan fingerprint density at radius 1 is 1.21 bits per heavy atom. The van der Waals surface area contributed by atoms with Gasteiger partial charge in [0.25, 0.3) is 0 Å². The van der Waals surface area contributed by atoms with Gasteiger partial charge in [-0.25, -0.2) is 4.98 Å². The van der Waals surface area contributed by atoms with E-state index >= 15 is 0 Å². The average Bonchev–Trinajstić information content (AvgIpc) is 3.05. The topological polar surface area (TPSA) is 55.0 Å². The Labute approximate surface area is 145 Å². The molecule has 0 unspecified atom stereocenters. The third kappa shape index (κ3) is 3.12. The number of nitrogens with zero attached hydrogens (tertiary/aromatic N) is 1. The van der Waals surface area contributed by atoms with Gasteiger partial charge in [-0.15, -0.1) is 11.3 Å². The number of H-pyrrole nitrogens is 1. The molecule has 0 radical (unpaired) electrons. The first-order valence-corrected chi connectivity index (χ1v) is 8.63. The second-order valence-electron chi connectivity index (χ2n) is 5.80. The molecular formula is C19H20N2O2S. The quantitative estimate of drug-likeness (QED) is 0.676. The van der Waals surface area contributed by atoms with Crippen LogP contribution < -0.4 is 4.74 Å². The van der Waals surface area contributed by atoms with Crippen molar-refractivity contribution >= 4 is 17.1 Å². The number of ether oxygens (including phenoxy) is 1. The molecule has 0 saturated heterocycles. The molecule has 0 fully saturated rings. The van der Waals surface area contributed by atoms with Crippen LogP contribution in [0.4, 0.5) is 0 Å². The predicted octanol–water partition coefficient (Wildman–Crippen LogP) is 4.85. The summed E-state index contributed by atoms with van der Waals surface area (Å²) in [6.45, 7) is 7.97. The number of nitrogens with one attached hydrogen (secondary N) is 1. The Hall–Kier alpha value is -2.40. The van der Waals surface area contributed by atoms with Gasteiger partial charge in [-0.3, -0.25) is 4.79 Å². The molecule has 1 N–H and O–H groups in total. The second-order valence-corrected chi connectivity index (χ2v) is 7.08. The molecule has 0 saturated carbocycles. The van der Waals surface area contributed by atoms with Crippen LogP contribution in [0, 0.1) is 20.8 Å². The van der Waals surface area contributed by atoms with Crippen LogP contribution in [0.2, 0.25) is 0 Å². The lowest BCUT2D eigenvalue weighted by atomic mass is 10.1. The van der Waals surface area contributed by atoms with E-state index in [0.717, 1.165) is 43.8 Å². The molecule has 0 amide bonds. The minimum Gasteiger partial charge on any atom is -0.486 e. The SMILES string of the molecule is CC(=O)c1c(C)[nH]c(-c2nc(COc3ccccc3)sc2C)c1C. The third-order valence-electron chi connectivity index (χ3n) is 3.97. The molecule has 3 rings (SSSR count). The number of rotatable bonds is 5. The lowest BCUT2D eigenvalue weighted by Gasteiger charge is -2.02. The summed E-state index contributed by atoms with van der Waals surface area (Å²) >= 11 is 1.62. The molecule has 0 aliphatic heterocycles. The van der Waals surface area contributed by atoms with Crippen molar-refractivity contribution in [1.82, 2.24) is 9.97 Å². The van der Waals surface area contributed by atoms with E-state index in [2.05, 4.69) is 4.98 Å². The van der Waals surface area contributed by atoms with Gasteiger partial charge in [0.15, 0.2) is 5.78 Å². The Bertz CT molecular complexity index is 878. The number of carbonyl (C=O) groups is 1. The van der Waals surface area contributed by atoms with Crippen molar-refractivity contribution in [1.29, 1.82) is 0 Å². The van der Waals surface area contributed by atoms with Crippen LogP contribution in [0.1, 0.15) is 38.4 Å². The van der Waals surface area contributed by atoms with E-state index in [1.165, 1.54) is 0 Å². The van der Waals surface area contributed by atoms with Crippen LogP contribution in [0.15, 0.2) is 30.3 Å². The lowest BCUT2D eigenvalue weighted by molar-refractivity contribution is 0.101. The van der Waals surface area contributed by atoms with Gasteiger partial charge in [-0.1, -0.05) is 18.2 Å². The van der Waals surface area contributed by atoms with Crippen LogP contribution in [0.5, 0.6) is 5.75 Å². The number of hydrogen-bond donors (Lipinski definition) is 1. The zero-order chi connectivity index (χ0) is 17.3. The first-order valence-electron chi connectivity index (χ1n) is 7.82. The fourth-order valence-corrected chi connectivity index (χ4v) is 3.77. The fraction of sp³-hybridized carbons (Fsp3) is 0.263. The van der Waals surface area contributed by atoms with Crippen molar-refractivity contribution in [2.45, 2.75) is 34.3 Å². The number of Topliss-reactive ketones (excluding diaryl/α,β-unsaturated/α-hetero) is 1. The van der Waals surface area contributed by atoms with Crippen LogP contribution >= 0.6 is 11.3 Å². The number of aromatic nitrogens is 2. The van der Waals surface area contributed by atoms with Crippen LogP contribution in [0.3, 0.4) is 0 Å². The molecule has 0 aliphatic carbocycles. The highest BCUT2D eigenvalue weighted by Gasteiger charge is 2.20. The van der Waals surface area contributed by atoms with Gasteiger partial charge in [0, 0.05) is 16.1 Å². The summed E-state index contributed by atoms with van der Waals surface area (Å²) in [6.07, 6.45) is 0. The maximum Gasteiger partial charge on any atom is 0.161 e. The molecule has 5 heteroatoms. The molecule has 24 heavy (non-hydrogen) atoms. The first kappa shape index (κ1) is 16.5. The Morgan fingerprint density at radius 3 is 2.54 bits per heavy atom. The largest absolute Gasteiger partial charge is 0.486 e. The molecule has 124 valence electrons. The highest BCUT2D eigenvalue weighted by molar-refractivity contribution is 7.12. The van der Waals surface area contributed by atoms with E-state index in [1.807, 2.05) is 51.1 Å². The Kier molecular flexibility index (Phi) is 4.53. The molecule has 0 aliphatic rings. The van der Waals surface area contributed by atoms with Gasteiger partial charge in [-0.05, 0) is 45.4 Å². The van der Waals surface area contributed by atoms with Crippen LogP contribution in [-0.2, 0) is 6.61 Å². The van der Waals surface area contributed by atoms with Gasteiger partial charge in [0.2, 0.25) is 0 Å². The monoisotopic (exact) mass is 340 g/mol. The zero-order valence-corrected chi connectivity index (χ0v) is 15.1. The smallest absolute Gasteiger partial charge is 0.161 e. The van der Waals surface area contributed by atoms with Crippen molar-refractivity contribution in [2.75, 3.05) is 0 Å². The fourth-order valence-electron chi connectivity index (χ4n) is 2.92. The minimum atomic E-state index is 0.0769. The number of para-hydroxylation sites is 1. The molecule has 4 nitrogen and oxygen atoms in total. The molecule has 0 spiro atoms. The van der Waals surface area contributed by atoms with Gasteiger partial charge in [0.1, 0.15) is 23.1 Å². The number of carbonyl (C=O) groups excluding carboxylic acids is 1. The number of hydrogen-bond acceptors (Lipinski definition) is 4. The second kappa shape index (κ2) is 6.61. The summed E-state index contributed by atoms with van der Waals surface area (Å²) in [5.41, 5.74) is 4.45. The minimum absolute atomic E-state index is 0.0769. The maximum atomic E-state index is 11.8. The average molecular weight is 340 g/mol. The zero-order valence-electron chi connectivity index (χ0n) is 14.3. The van der Waals surface area contributed by atoms with Gasteiger partial charge >= 0.3 is 0 Å². The number of aryl methyl sites for hydroxylation is 2. The number of ketones is 1. The highest BCUT2D eigenvalue weighted by atomic mass is 32.1. The van der Waals surface area contributed by atoms with Crippen molar-refractivity contribution in [3.8, 4) is 17.1 Å². The van der Waals surface area contributed by atoms with E-state index in [-0.39, 0.29) is 5.78 Å². The maximum absolute atomic E-state index is 11.8. The predicted molar refractivity (Wildman–Crippen MR) is 96.9 cm³/mol. The van der Waals surface area contributed by atoms with E-state index in [9.17, 15) is 4.79 Å². The van der Waals surface area contributed by atoms with E-state index in [4.69, 9.17) is 9.72 Å². The summed E-state index contributed by atoms with van der Waals surface area (Å²) in [7, 11) is 0. The van der Waals surface area contributed by atoms with Crippen LogP contribution in [0.25, 0.3) is 11.4 Å². The van der Waals surface area contributed by atoms with Crippen LogP contribution in [-0.4, -0.2) is 15.8 Å². The Morgan fingerprint density at radius 2 is 1.92 bits per heavy atom. The van der Waals surface area contributed by atoms with Gasteiger partial charge in [-0.2, -0.15) is 0 Å². The number of thiazole rings is 1. The molecule has 1 aromatic carbocycles. The van der Waals surface area contributed by atoms with E-state index in [1.54, 1.807) is 18.3 Å². The summed E-state index contributed by atoms with van der Waals surface area (Å²) in [6, 6.07) is 9.71. The van der Waals surface area contributed by atoms with E-state index < -0.39 is 0 Å². The van der Waals surface area contributed by atoms with Crippen molar-refractivity contribution < 1.29 is 9.53 Å². The molecule has 2 aromatic heterocycles. The highest BCUT2D eigenvalue weighted by Crippen LogP contribution is 2.32. The van der Waals surface area contributed by atoms with Gasteiger partial charge < -0.3 is 9.72 Å². The molecule has 0 atom stereocenters. The number of benzene rings is 1. The number of aromatic amines is 1.